The van der Waals surface area contributed by atoms with E-state index in [1.54, 1.807) is 12.0 Å². The van der Waals surface area contributed by atoms with Gasteiger partial charge in [-0.2, -0.15) is 0 Å². The van der Waals surface area contributed by atoms with E-state index in [2.05, 4.69) is 10.2 Å². The molecule has 6 heteroatoms. The smallest absolute Gasteiger partial charge is 0.261 e. The highest BCUT2D eigenvalue weighted by Crippen LogP contribution is 2.29. The lowest BCUT2D eigenvalue weighted by Crippen LogP contribution is -2.55. The number of hydrogen-bond acceptors (Lipinski definition) is 4. The van der Waals surface area contributed by atoms with Crippen LogP contribution < -0.4 is 15.0 Å². The van der Waals surface area contributed by atoms with E-state index in [0.29, 0.717) is 32.7 Å². The van der Waals surface area contributed by atoms with Gasteiger partial charge in [0.2, 0.25) is 5.67 Å². The van der Waals surface area contributed by atoms with Crippen molar-refractivity contribution < 1.29 is 13.9 Å². The van der Waals surface area contributed by atoms with Crippen LogP contribution in [-0.4, -0.2) is 62.9 Å². The average molecular weight is 307 g/mol. The van der Waals surface area contributed by atoms with Crippen molar-refractivity contribution in [3.8, 4) is 5.75 Å². The minimum atomic E-state index is -1.72. The zero-order chi connectivity index (χ0) is 15.6. The van der Waals surface area contributed by atoms with Crippen molar-refractivity contribution in [1.82, 2.24) is 10.2 Å². The Labute approximate surface area is 130 Å². The third kappa shape index (κ3) is 2.75. The monoisotopic (exact) mass is 307 g/mol. The molecule has 1 aromatic rings. The van der Waals surface area contributed by atoms with E-state index < -0.39 is 5.67 Å². The van der Waals surface area contributed by atoms with Crippen LogP contribution in [0.25, 0.3) is 0 Å². The molecule has 3 rings (SSSR count). The molecule has 2 fully saturated rings. The van der Waals surface area contributed by atoms with Gasteiger partial charge in [0, 0.05) is 39.1 Å². The Morgan fingerprint density at radius 3 is 2.64 bits per heavy atom. The van der Waals surface area contributed by atoms with E-state index in [4.69, 9.17) is 4.74 Å². The molecule has 1 amide bonds. The first-order valence-corrected chi connectivity index (χ1v) is 7.71. The average Bonchev–Trinajstić information content (AvgIpc) is 3.02. The number of para-hydroxylation sites is 2. The molecular weight excluding hydrogens is 285 g/mol. The summed E-state index contributed by atoms with van der Waals surface area (Å²) >= 11 is 0. The molecule has 0 saturated carbocycles. The molecule has 5 nitrogen and oxygen atoms in total. The summed E-state index contributed by atoms with van der Waals surface area (Å²) in [6.45, 7) is 3.18. The minimum Gasteiger partial charge on any atom is -0.495 e. The Balaban J connectivity index is 1.64. The zero-order valence-electron chi connectivity index (χ0n) is 12.8. The van der Waals surface area contributed by atoms with Gasteiger partial charge in [-0.05, 0) is 18.7 Å². The molecule has 2 aliphatic rings. The number of ether oxygens (including phenoxy) is 1. The number of rotatable bonds is 3. The quantitative estimate of drug-likeness (QED) is 0.906. The van der Waals surface area contributed by atoms with E-state index >= 15 is 0 Å². The van der Waals surface area contributed by atoms with E-state index in [-0.39, 0.29) is 18.9 Å². The molecule has 2 aliphatic heterocycles. The van der Waals surface area contributed by atoms with E-state index in [9.17, 15) is 9.18 Å². The van der Waals surface area contributed by atoms with Crippen LogP contribution in [0.2, 0.25) is 0 Å². The molecule has 1 N–H and O–H groups in total. The molecular formula is C16H22FN3O2. The fourth-order valence-corrected chi connectivity index (χ4v) is 3.17. The summed E-state index contributed by atoms with van der Waals surface area (Å²) < 4.78 is 19.9. The Bertz CT molecular complexity index is 538. The highest BCUT2D eigenvalue weighted by Gasteiger charge is 2.44. The maximum absolute atomic E-state index is 14.5. The van der Waals surface area contributed by atoms with Crippen LogP contribution in [0.5, 0.6) is 5.75 Å². The lowest BCUT2D eigenvalue weighted by Gasteiger charge is -2.38. The van der Waals surface area contributed by atoms with Gasteiger partial charge in [0.25, 0.3) is 5.91 Å². The number of methoxy groups -OCH3 is 1. The second kappa shape index (κ2) is 6.12. The summed E-state index contributed by atoms with van der Waals surface area (Å²) in [6, 6.07) is 7.83. The lowest BCUT2D eigenvalue weighted by molar-refractivity contribution is -0.143. The van der Waals surface area contributed by atoms with E-state index in [1.165, 1.54) is 0 Å². The number of alkyl halides is 1. The van der Waals surface area contributed by atoms with Crippen LogP contribution in [0.1, 0.15) is 6.42 Å². The maximum Gasteiger partial charge on any atom is 0.261 e. The fourth-order valence-electron chi connectivity index (χ4n) is 3.17. The Hall–Kier alpha value is -1.82. The third-order valence-electron chi connectivity index (χ3n) is 4.48. The van der Waals surface area contributed by atoms with Gasteiger partial charge in [-0.1, -0.05) is 12.1 Å². The number of amides is 1. The number of nitrogens with one attached hydrogen (secondary N) is 1. The minimum absolute atomic E-state index is 0.137. The lowest BCUT2D eigenvalue weighted by atomic mass is 10.0. The number of anilines is 1. The van der Waals surface area contributed by atoms with Gasteiger partial charge in [-0.25, -0.2) is 4.39 Å². The first-order valence-electron chi connectivity index (χ1n) is 7.71. The van der Waals surface area contributed by atoms with Crippen molar-refractivity contribution in [2.24, 2.45) is 0 Å². The highest BCUT2D eigenvalue weighted by molar-refractivity contribution is 5.86. The Kier molecular flexibility index (Phi) is 4.20. The molecule has 0 aromatic heterocycles. The Morgan fingerprint density at radius 2 is 2.00 bits per heavy atom. The van der Waals surface area contributed by atoms with Crippen molar-refractivity contribution in [2.75, 3.05) is 51.3 Å². The first kappa shape index (κ1) is 15.1. The maximum atomic E-state index is 14.5. The van der Waals surface area contributed by atoms with Crippen LogP contribution in [0.3, 0.4) is 0 Å². The van der Waals surface area contributed by atoms with Crippen LogP contribution >= 0.6 is 0 Å². The molecule has 1 unspecified atom stereocenters. The second-order valence-corrected chi connectivity index (χ2v) is 5.84. The number of piperazine rings is 1. The topological polar surface area (TPSA) is 44.8 Å². The van der Waals surface area contributed by atoms with Crippen LogP contribution in [0.15, 0.2) is 24.3 Å². The van der Waals surface area contributed by atoms with Crippen LogP contribution in [0, 0.1) is 0 Å². The molecule has 1 atom stereocenters. The van der Waals surface area contributed by atoms with Gasteiger partial charge < -0.3 is 19.9 Å². The molecule has 0 aliphatic carbocycles. The standard InChI is InChI=1S/C16H22FN3O2/c1-22-14-5-3-2-4-13(14)19-8-10-20(11-9-19)15(21)16(17)6-7-18-12-16/h2-5,18H,6-12H2,1H3. The fraction of sp³-hybridized carbons (Fsp3) is 0.562. The number of benzene rings is 1. The molecule has 2 saturated heterocycles. The van der Waals surface area contributed by atoms with Gasteiger partial charge in [-0.15, -0.1) is 0 Å². The van der Waals surface area contributed by atoms with Crippen molar-refractivity contribution in [1.29, 1.82) is 0 Å². The molecule has 0 spiro atoms. The van der Waals surface area contributed by atoms with E-state index in [0.717, 1.165) is 11.4 Å². The van der Waals surface area contributed by atoms with Gasteiger partial charge in [0.1, 0.15) is 5.75 Å². The molecule has 0 radical (unpaired) electrons. The summed E-state index contributed by atoms with van der Waals surface area (Å²) in [5, 5.41) is 2.93. The Morgan fingerprint density at radius 1 is 1.27 bits per heavy atom. The summed E-state index contributed by atoms with van der Waals surface area (Å²) in [7, 11) is 1.65. The van der Waals surface area contributed by atoms with Crippen molar-refractivity contribution in [3.63, 3.8) is 0 Å². The predicted octanol–water partition coefficient (Wildman–Crippen LogP) is 1.05. The van der Waals surface area contributed by atoms with Crippen LogP contribution in [0.4, 0.5) is 10.1 Å². The number of carbonyl (C=O) groups excluding carboxylic acids is 1. The number of nitrogens with zero attached hydrogens (tertiary/aromatic N) is 2. The molecule has 0 bridgehead atoms. The summed E-state index contributed by atoms with van der Waals surface area (Å²) in [6.07, 6.45) is 0.276. The summed E-state index contributed by atoms with van der Waals surface area (Å²) in [4.78, 5) is 16.2. The van der Waals surface area contributed by atoms with Gasteiger partial charge in [0.15, 0.2) is 0 Å². The van der Waals surface area contributed by atoms with Gasteiger partial charge >= 0.3 is 0 Å². The zero-order valence-corrected chi connectivity index (χ0v) is 12.8. The van der Waals surface area contributed by atoms with Crippen molar-refractivity contribution in [3.05, 3.63) is 24.3 Å². The van der Waals surface area contributed by atoms with Crippen molar-refractivity contribution in [2.45, 2.75) is 12.1 Å². The first-order chi connectivity index (χ1) is 10.6. The number of halogens is 1. The summed E-state index contributed by atoms with van der Waals surface area (Å²) in [5.74, 6) is 0.460. The van der Waals surface area contributed by atoms with Gasteiger partial charge in [-0.3, -0.25) is 4.79 Å². The third-order valence-corrected chi connectivity index (χ3v) is 4.48. The predicted molar refractivity (Wildman–Crippen MR) is 83.1 cm³/mol. The number of hydrogen-bond donors (Lipinski definition) is 1. The van der Waals surface area contributed by atoms with Crippen molar-refractivity contribution >= 4 is 11.6 Å². The molecule has 22 heavy (non-hydrogen) atoms. The second-order valence-electron chi connectivity index (χ2n) is 5.84. The molecule has 1 aromatic carbocycles. The summed E-state index contributed by atoms with van der Waals surface area (Å²) in [5.41, 5.74) is -0.693. The normalized spacial score (nSPS) is 25.4. The molecule has 120 valence electrons. The van der Waals surface area contributed by atoms with Gasteiger partial charge in [0.05, 0.1) is 12.8 Å². The highest BCUT2D eigenvalue weighted by atomic mass is 19.1. The number of carbonyl (C=O) groups is 1. The van der Waals surface area contributed by atoms with E-state index in [1.807, 2.05) is 24.3 Å². The SMILES string of the molecule is COc1ccccc1N1CCN(C(=O)C2(F)CCNC2)CC1. The molecule has 2 heterocycles. The largest absolute Gasteiger partial charge is 0.495 e. The van der Waals surface area contributed by atoms with Crippen LogP contribution in [-0.2, 0) is 4.79 Å².